The molecule has 0 saturated carbocycles. The van der Waals surface area contributed by atoms with Crippen molar-refractivity contribution in [1.29, 1.82) is 0 Å². The smallest absolute Gasteiger partial charge is 0.325 e. The number of anilines is 2. The Morgan fingerprint density at radius 1 is 1.23 bits per heavy atom. The molecule has 1 aromatic carbocycles. The maximum absolute atomic E-state index is 12.9. The molecule has 30 heavy (non-hydrogen) atoms. The molecule has 1 aromatic heterocycles. The van der Waals surface area contributed by atoms with E-state index in [1.54, 1.807) is 31.3 Å². The van der Waals surface area contributed by atoms with Crippen LogP contribution >= 0.6 is 0 Å². The number of hydrogen-bond acceptors (Lipinski definition) is 6. The molecule has 2 fully saturated rings. The molecular weight excluding hydrogens is 384 g/mol. The molecule has 3 N–H and O–H groups in total. The molecule has 158 valence electrons. The van der Waals surface area contributed by atoms with Crippen molar-refractivity contribution in [1.82, 2.24) is 15.2 Å². The van der Waals surface area contributed by atoms with Crippen molar-refractivity contribution in [3.05, 3.63) is 47.7 Å². The minimum Gasteiger partial charge on any atom is -0.505 e. The van der Waals surface area contributed by atoms with Crippen molar-refractivity contribution in [2.75, 3.05) is 18.5 Å². The van der Waals surface area contributed by atoms with Crippen LogP contribution < -0.4 is 10.6 Å². The highest BCUT2D eigenvalue weighted by Gasteiger charge is 2.45. The fourth-order valence-corrected chi connectivity index (χ4v) is 4.09. The summed E-state index contributed by atoms with van der Waals surface area (Å²) in [5.41, 5.74) is 0.952. The first-order chi connectivity index (χ1) is 14.4. The topological polar surface area (TPSA) is 104 Å². The number of aromatic hydroxyl groups is 1. The van der Waals surface area contributed by atoms with E-state index in [9.17, 15) is 14.7 Å². The molecule has 0 aliphatic carbocycles. The van der Waals surface area contributed by atoms with Crippen molar-refractivity contribution in [2.24, 2.45) is 0 Å². The van der Waals surface area contributed by atoms with Crippen LogP contribution in [0.25, 0.3) is 0 Å². The van der Waals surface area contributed by atoms with Crippen LogP contribution in [0.3, 0.4) is 0 Å². The predicted molar refractivity (Wildman–Crippen MR) is 112 cm³/mol. The van der Waals surface area contributed by atoms with E-state index in [2.05, 4.69) is 15.6 Å². The van der Waals surface area contributed by atoms with Gasteiger partial charge in [-0.25, -0.2) is 9.78 Å². The second kappa shape index (κ2) is 7.95. The van der Waals surface area contributed by atoms with Crippen molar-refractivity contribution in [3.63, 3.8) is 0 Å². The zero-order chi connectivity index (χ0) is 21.3. The van der Waals surface area contributed by atoms with Crippen LogP contribution in [0.2, 0.25) is 0 Å². The third-order valence-electron chi connectivity index (χ3n) is 5.74. The number of carbonyl (C=O) groups excluding carboxylic acids is 2. The number of imide groups is 1. The van der Waals surface area contributed by atoms with Gasteiger partial charge < -0.3 is 20.5 Å². The summed E-state index contributed by atoms with van der Waals surface area (Å²) in [7, 11) is 0. The maximum atomic E-state index is 12.9. The molecule has 4 rings (SSSR count). The van der Waals surface area contributed by atoms with Crippen molar-refractivity contribution >= 4 is 23.4 Å². The molecule has 0 unspecified atom stereocenters. The van der Waals surface area contributed by atoms with Crippen molar-refractivity contribution in [3.8, 4) is 5.75 Å². The van der Waals surface area contributed by atoms with Gasteiger partial charge in [0.25, 0.3) is 0 Å². The number of aryl methyl sites for hydroxylation is 1. The SMILES string of the molecule is Cc1ccc(Nc2cccc([C@]3(C)CC(=O)N(C4CCOCC4)C(=O)N3)c2O)nc1. The quantitative estimate of drug-likeness (QED) is 0.669. The number of aromatic nitrogens is 1. The van der Waals surface area contributed by atoms with Gasteiger partial charge in [-0.2, -0.15) is 0 Å². The first-order valence-electron chi connectivity index (χ1n) is 10.1. The summed E-state index contributed by atoms with van der Waals surface area (Å²) >= 11 is 0. The Kier molecular flexibility index (Phi) is 5.34. The average molecular weight is 410 g/mol. The fourth-order valence-electron chi connectivity index (χ4n) is 4.09. The number of phenolic OH excluding ortho intramolecular Hbond substituents is 1. The van der Waals surface area contributed by atoms with Gasteiger partial charge in [0.2, 0.25) is 5.91 Å². The van der Waals surface area contributed by atoms with Gasteiger partial charge >= 0.3 is 6.03 Å². The van der Waals surface area contributed by atoms with E-state index in [1.807, 2.05) is 19.1 Å². The lowest BCUT2D eigenvalue weighted by atomic mass is 9.85. The highest BCUT2D eigenvalue weighted by Crippen LogP contribution is 2.40. The monoisotopic (exact) mass is 410 g/mol. The largest absolute Gasteiger partial charge is 0.505 e. The standard InChI is InChI=1S/C22H26N4O4/c1-14-6-7-18(23-13-14)24-17-5-3-4-16(20(17)28)22(2)12-19(27)26(21(29)25-22)15-8-10-30-11-9-15/h3-7,13,15,28H,8-12H2,1-2H3,(H,23,24)(H,25,29)/t22-/m0/s1. The van der Waals surface area contributed by atoms with Gasteiger partial charge in [0, 0.05) is 31.0 Å². The summed E-state index contributed by atoms with van der Waals surface area (Å²) in [6.07, 6.45) is 3.08. The van der Waals surface area contributed by atoms with Crippen LogP contribution in [-0.2, 0) is 15.1 Å². The molecule has 0 spiro atoms. The van der Waals surface area contributed by atoms with E-state index in [4.69, 9.17) is 4.74 Å². The fraction of sp³-hybridized carbons (Fsp3) is 0.409. The van der Waals surface area contributed by atoms with Gasteiger partial charge in [0.1, 0.15) is 11.6 Å². The molecule has 2 aromatic rings. The summed E-state index contributed by atoms with van der Waals surface area (Å²) in [5.74, 6) is 0.328. The van der Waals surface area contributed by atoms with E-state index in [0.717, 1.165) is 5.56 Å². The number of hydrogen-bond donors (Lipinski definition) is 3. The maximum Gasteiger partial charge on any atom is 0.325 e. The van der Waals surface area contributed by atoms with Crippen LogP contribution in [0, 0.1) is 6.92 Å². The molecule has 0 radical (unpaired) electrons. The third-order valence-corrected chi connectivity index (χ3v) is 5.74. The number of urea groups is 1. The number of nitrogens with one attached hydrogen (secondary N) is 2. The van der Waals surface area contributed by atoms with Crippen molar-refractivity contribution in [2.45, 2.75) is 44.7 Å². The Balaban J connectivity index is 1.58. The number of rotatable bonds is 4. The van der Waals surface area contributed by atoms with Crippen LogP contribution in [0.15, 0.2) is 36.5 Å². The molecule has 0 bridgehead atoms. The minimum absolute atomic E-state index is 0.0185. The van der Waals surface area contributed by atoms with Gasteiger partial charge in [-0.3, -0.25) is 9.69 Å². The molecule has 1 atom stereocenters. The number of ether oxygens (including phenoxy) is 1. The summed E-state index contributed by atoms with van der Waals surface area (Å²) in [4.78, 5) is 31.4. The van der Waals surface area contributed by atoms with Crippen LogP contribution in [0.5, 0.6) is 5.75 Å². The van der Waals surface area contributed by atoms with E-state index in [0.29, 0.717) is 43.1 Å². The summed E-state index contributed by atoms with van der Waals surface area (Å²) < 4.78 is 5.34. The predicted octanol–water partition coefficient (Wildman–Crippen LogP) is 3.18. The number of carbonyl (C=O) groups is 2. The Labute approximate surface area is 175 Å². The summed E-state index contributed by atoms with van der Waals surface area (Å²) in [6.45, 7) is 4.79. The van der Waals surface area contributed by atoms with E-state index >= 15 is 0 Å². The van der Waals surface area contributed by atoms with Crippen LogP contribution in [0.1, 0.15) is 37.3 Å². The molecule has 3 amide bonds. The minimum atomic E-state index is -1.02. The van der Waals surface area contributed by atoms with E-state index in [1.165, 1.54) is 4.90 Å². The first-order valence-corrected chi connectivity index (χ1v) is 10.1. The molecule has 2 saturated heterocycles. The number of pyridine rings is 1. The second-order valence-electron chi connectivity index (χ2n) is 8.09. The normalized spacial score (nSPS) is 22.7. The van der Waals surface area contributed by atoms with E-state index < -0.39 is 11.6 Å². The lowest BCUT2D eigenvalue weighted by molar-refractivity contribution is -0.135. The Morgan fingerprint density at radius 3 is 2.67 bits per heavy atom. The van der Waals surface area contributed by atoms with Crippen LogP contribution in [-0.4, -0.2) is 46.2 Å². The van der Waals surface area contributed by atoms with Crippen molar-refractivity contribution < 1.29 is 19.4 Å². The van der Waals surface area contributed by atoms with Gasteiger partial charge in [0.15, 0.2) is 0 Å². The average Bonchev–Trinajstić information content (AvgIpc) is 2.71. The lowest BCUT2D eigenvalue weighted by Crippen LogP contribution is -2.62. The molecule has 8 heteroatoms. The zero-order valence-corrected chi connectivity index (χ0v) is 17.1. The zero-order valence-electron chi connectivity index (χ0n) is 17.1. The Bertz CT molecular complexity index is 936. The molecular formula is C22H26N4O4. The highest BCUT2D eigenvalue weighted by molar-refractivity contribution is 5.98. The van der Waals surface area contributed by atoms with Crippen LogP contribution in [0.4, 0.5) is 16.3 Å². The Hall–Kier alpha value is -3.13. The molecule has 3 heterocycles. The lowest BCUT2D eigenvalue weighted by Gasteiger charge is -2.43. The number of benzene rings is 1. The Morgan fingerprint density at radius 2 is 2.00 bits per heavy atom. The number of para-hydroxylation sites is 1. The van der Waals surface area contributed by atoms with Gasteiger partial charge in [-0.15, -0.1) is 0 Å². The van der Waals surface area contributed by atoms with Gasteiger partial charge in [0.05, 0.1) is 17.6 Å². The van der Waals surface area contributed by atoms with E-state index in [-0.39, 0.29) is 24.1 Å². The molecule has 8 nitrogen and oxygen atoms in total. The number of amides is 3. The molecule has 2 aliphatic rings. The second-order valence-corrected chi connectivity index (χ2v) is 8.09. The summed E-state index contributed by atoms with van der Waals surface area (Å²) in [5, 5.41) is 17.0. The first kappa shape index (κ1) is 20.2. The van der Waals surface area contributed by atoms with Gasteiger partial charge in [-0.05, 0) is 44.4 Å². The molecule has 2 aliphatic heterocycles. The number of phenols is 1. The summed E-state index contributed by atoms with van der Waals surface area (Å²) in [6, 6.07) is 8.39. The third kappa shape index (κ3) is 3.82. The highest BCUT2D eigenvalue weighted by atomic mass is 16.5. The number of nitrogens with zero attached hydrogens (tertiary/aromatic N) is 2. The van der Waals surface area contributed by atoms with Gasteiger partial charge in [-0.1, -0.05) is 18.2 Å².